The number of aliphatic hydroxyl groups is 1. The predicted octanol–water partition coefficient (Wildman–Crippen LogP) is 18.8. The molecule has 87 heavy (non-hydrogen) atoms. The highest BCUT2D eigenvalue weighted by Gasteiger charge is 2.30. The summed E-state index contributed by atoms with van der Waals surface area (Å²) < 4.78 is 68.0. The summed E-state index contributed by atoms with van der Waals surface area (Å²) in [6, 6.07) is 0. The standard InChI is InChI=1S/C68H128O17P2/c1-7-10-12-14-15-16-17-18-19-20-21-29-34-40-46-52-68(73)85-64(57-79-66(71)51-45-39-33-28-25-23-27-32-38-43-49-61(6)9-3)59-83-87(76,77)81-55-62(69)54-80-86(74,75)82-58-63(56-78-65(70)50-44-36-13-11-8-2)84-67(72)53-47-41-35-30-24-22-26-31-37-42-48-60(4)5/h16-19,60-64,69H,7-15,20-59H2,1-6H3,(H,74,75)(H,76,77)/b17-16-,19-18-/t61?,62-,63+,64+/m0/s1. The zero-order valence-corrected chi connectivity index (χ0v) is 57.6. The van der Waals surface area contributed by atoms with Gasteiger partial charge in [-0.05, 0) is 63.2 Å². The van der Waals surface area contributed by atoms with Crippen molar-refractivity contribution >= 4 is 39.5 Å². The largest absolute Gasteiger partial charge is 0.472 e. The van der Waals surface area contributed by atoms with E-state index in [1.807, 2.05) is 0 Å². The van der Waals surface area contributed by atoms with Crippen LogP contribution in [0.4, 0.5) is 0 Å². The molecule has 0 saturated heterocycles. The maximum Gasteiger partial charge on any atom is 0.472 e. The summed E-state index contributed by atoms with van der Waals surface area (Å²) >= 11 is 0. The van der Waals surface area contributed by atoms with Crippen LogP contribution in [-0.2, 0) is 65.4 Å². The number of carbonyl (C=O) groups is 4. The van der Waals surface area contributed by atoms with Crippen LogP contribution in [0.5, 0.6) is 0 Å². The minimum atomic E-state index is -4.96. The highest BCUT2D eigenvalue weighted by molar-refractivity contribution is 7.47. The average Bonchev–Trinajstić information content (AvgIpc) is 3.70. The van der Waals surface area contributed by atoms with Crippen LogP contribution in [0.15, 0.2) is 24.3 Å². The van der Waals surface area contributed by atoms with Crippen molar-refractivity contribution in [3.05, 3.63) is 24.3 Å². The van der Waals surface area contributed by atoms with E-state index in [-0.39, 0.29) is 25.7 Å². The zero-order chi connectivity index (χ0) is 64.3. The molecule has 0 aliphatic heterocycles. The Hall–Kier alpha value is -2.46. The molecule has 17 nitrogen and oxygen atoms in total. The van der Waals surface area contributed by atoms with Crippen LogP contribution in [0.25, 0.3) is 0 Å². The molecule has 3 unspecified atom stereocenters. The summed E-state index contributed by atoms with van der Waals surface area (Å²) in [5, 5.41) is 10.5. The summed E-state index contributed by atoms with van der Waals surface area (Å²) in [6.45, 7) is 9.39. The number of ether oxygens (including phenoxy) is 4. The normalized spacial score (nSPS) is 14.7. The highest BCUT2D eigenvalue weighted by atomic mass is 31.2. The van der Waals surface area contributed by atoms with Crippen molar-refractivity contribution in [3.63, 3.8) is 0 Å². The number of carbonyl (C=O) groups excluding carboxylic acids is 4. The van der Waals surface area contributed by atoms with Gasteiger partial charge >= 0.3 is 39.5 Å². The maximum absolute atomic E-state index is 13.0. The van der Waals surface area contributed by atoms with Crippen molar-refractivity contribution in [1.29, 1.82) is 0 Å². The van der Waals surface area contributed by atoms with Gasteiger partial charge in [0.1, 0.15) is 19.3 Å². The van der Waals surface area contributed by atoms with E-state index in [9.17, 15) is 43.2 Å². The Balaban J connectivity index is 5.22. The van der Waals surface area contributed by atoms with Crippen molar-refractivity contribution in [2.45, 2.75) is 336 Å². The molecule has 0 aliphatic carbocycles. The van der Waals surface area contributed by atoms with Crippen molar-refractivity contribution in [2.24, 2.45) is 11.8 Å². The van der Waals surface area contributed by atoms with Gasteiger partial charge in [-0.15, -0.1) is 0 Å². The number of phosphoric ester groups is 2. The second kappa shape index (κ2) is 59.8. The lowest BCUT2D eigenvalue weighted by molar-refractivity contribution is -0.161. The predicted molar refractivity (Wildman–Crippen MR) is 349 cm³/mol. The third kappa shape index (κ3) is 60.9. The van der Waals surface area contributed by atoms with Crippen LogP contribution < -0.4 is 0 Å². The Bertz CT molecular complexity index is 1800. The van der Waals surface area contributed by atoms with E-state index in [1.54, 1.807) is 0 Å². The molecular weight excluding hydrogens is 1150 g/mol. The molecule has 0 spiro atoms. The molecule has 0 aromatic carbocycles. The maximum atomic E-state index is 13.0. The quantitative estimate of drug-likeness (QED) is 0.0169. The molecule has 19 heteroatoms. The summed E-state index contributed by atoms with van der Waals surface area (Å²) in [5.74, 6) is -0.611. The third-order valence-corrected chi connectivity index (χ3v) is 17.3. The summed E-state index contributed by atoms with van der Waals surface area (Å²) in [7, 11) is -9.90. The van der Waals surface area contributed by atoms with Crippen LogP contribution in [0.1, 0.15) is 318 Å². The SMILES string of the molecule is CCCCCC/C=C\C=C/CCCCCCCC(=O)O[C@H](COC(=O)CCCCCCCCCCCCC(C)CC)COP(=O)(O)OC[C@@H](O)COP(=O)(O)OC[C@@H](COC(=O)CCCCCCC)OC(=O)CCCCCCCCCCCCC(C)C. The number of esters is 4. The number of allylic oxidation sites excluding steroid dienone is 4. The molecule has 0 saturated carbocycles. The fourth-order valence-corrected chi connectivity index (χ4v) is 11.2. The van der Waals surface area contributed by atoms with E-state index < -0.39 is 97.5 Å². The van der Waals surface area contributed by atoms with Gasteiger partial charge < -0.3 is 33.8 Å². The molecule has 0 radical (unpaired) electrons. The van der Waals surface area contributed by atoms with Crippen molar-refractivity contribution in [3.8, 4) is 0 Å². The fourth-order valence-electron chi connectivity index (χ4n) is 9.67. The summed E-state index contributed by atoms with van der Waals surface area (Å²) in [6.07, 6.45) is 46.9. The zero-order valence-electron chi connectivity index (χ0n) is 55.8. The Labute approximate surface area is 529 Å². The lowest BCUT2D eigenvalue weighted by Gasteiger charge is -2.21. The van der Waals surface area contributed by atoms with E-state index in [4.69, 9.17) is 37.0 Å². The van der Waals surface area contributed by atoms with Gasteiger partial charge in [-0.1, -0.05) is 265 Å². The first-order valence-corrected chi connectivity index (χ1v) is 37.8. The van der Waals surface area contributed by atoms with Gasteiger partial charge in [0.25, 0.3) is 0 Å². The first-order chi connectivity index (χ1) is 41.9. The molecule has 0 aromatic heterocycles. The minimum Gasteiger partial charge on any atom is -0.462 e. The Morgan fingerprint density at radius 2 is 0.678 bits per heavy atom. The molecule has 0 heterocycles. The molecule has 0 bridgehead atoms. The van der Waals surface area contributed by atoms with Crippen LogP contribution >= 0.6 is 15.6 Å². The van der Waals surface area contributed by atoms with E-state index in [0.717, 1.165) is 121 Å². The monoisotopic (exact) mass is 1280 g/mol. The second-order valence-electron chi connectivity index (χ2n) is 24.6. The molecule has 0 aliphatic rings. The van der Waals surface area contributed by atoms with E-state index in [1.165, 1.54) is 116 Å². The van der Waals surface area contributed by atoms with Crippen molar-refractivity contribution in [2.75, 3.05) is 39.6 Å². The van der Waals surface area contributed by atoms with Gasteiger partial charge in [0.05, 0.1) is 26.4 Å². The Kier molecular flexibility index (Phi) is 58.1. The smallest absolute Gasteiger partial charge is 0.462 e. The average molecular weight is 1280 g/mol. The number of hydrogen-bond donors (Lipinski definition) is 3. The van der Waals surface area contributed by atoms with Gasteiger partial charge in [0.15, 0.2) is 12.2 Å². The number of phosphoric acid groups is 2. The molecule has 0 amide bonds. The number of unbranched alkanes of at least 4 members (excludes halogenated alkanes) is 31. The molecule has 3 N–H and O–H groups in total. The van der Waals surface area contributed by atoms with Gasteiger partial charge in [0, 0.05) is 25.7 Å². The second-order valence-corrected chi connectivity index (χ2v) is 27.5. The van der Waals surface area contributed by atoms with E-state index in [2.05, 4.69) is 65.8 Å². The summed E-state index contributed by atoms with van der Waals surface area (Å²) in [4.78, 5) is 72.2. The van der Waals surface area contributed by atoms with Gasteiger partial charge in [-0.3, -0.25) is 37.3 Å². The van der Waals surface area contributed by atoms with Crippen molar-refractivity contribution in [1.82, 2.24) is 0 Å². The van der Waals surface area contributed by atoms with Crippen LogP contribution in [0.3, 0.4) is 0 Å². The fraction of sp³-hybridized carbons (Fsp3) is 0.882. The Morgan fingerprint density at radius 3 is 1.03 bits per heavy atom. The van der Waals surface area contributed by atoms with Crippen LogP contribution in [-0.4, -0.2) is 96.7 Å². The minimum absolute atomic E-state index is 0.0846. The number of aliphatic hydroxyl groups excluding tert-OH is 1. The lowest BCUT2D eigenvalue weighted by Crippen LogP contribution is -2.30. The first kappa shape index (κ1) is 84.5. The van der Waals surface area contributed by atoms with Crippen LogP contribution in [0, 0.1) is 11.8 Å². The van der Waals surface area contributed by atoms with Gasteiger partial charge in [-0.25, -0.2) is 9.13 Å². The molecular formula is C68H128O17P2. The molecule has 0 fully saturated rings. The van der Waals surface area contributed by atoms with E-state index in [0.29, 0.717) is 25.7 Å². The molecule has 0 aromatic rings. The molecule has 512 valence electrons. The number of rotatable bonds is 65. The number of hydrogen-bond acceptors (Lipinski definition) is 15. The van der Waals surface area contributed by atoms with Gasteiger partial charge in [-0.2, -0.15) is 0 Å². The van der Waals surface area contributed by atoms with Crippen molar-refractivity contribution < 1.29 is 80.2 Å². The molecule has 0 rings (SSSR count). The first-order valence-electron chi connectivity index (χ1n) is 34.8. The van der Waals surface area contributed by atoms with Gasteiger partial charge in [0.2, 0.25) is 0 Å². The van der Waals surface area contributed by atoms with E-state index >= 15 is 0 Å². The van der Waals surface area contributed by atoms with Crippen LogP contribution in [0.2, 0.25) is 0 Å². The lowest BCUT2D eigenvalue weighted by atomic mass is 9.99. The summed E-state index contributed by atoms with van der Waals surface area (Å²) in [5.41, 5.74) is 0. The third-order valence-electron chi connectivity index (χ3n) is 15.4. The highest BCUT2D eigenvalue weighted by Crippen LogP contribution is 2.45. The molecule has 6 atom stereocenters. The Morgan fingerprint density at radius 1 is 0.379 bits per heavy atom. The topological polar surface area (TPSA) is 237 Å².